The number of hydrogen-bond donors (Lipinski definition) is 1. The largest absolute Gasteiger partial charge is 0.464 e. The topological polar surface area (TPSA) is 73.9 Å². The fourth-order valence-corrected chi connectivity index (χ4v) is 2.28. The van der Waals surface area contributed by atoms with Crippen LogP contribution >= 0.6 is 0 Å². The van der Waals surface area contributed by atoms with Gasteiger partial charge in [-0.15, -0.1) is 0 Å². The van der Waals surface area contributed by atoms with Crippen LogP contribution in [0.5, 0.6) is 0 Å². The second-order valence-electron chi connectivity index (χ2n) is 4.55. The summed E-state index contributed by atoms with van der Waals surface area (Å²) < 4.78 is 15.2. The van der Waals surface area contributed by atoms with E-state index in [0.717, 1.165) is 19.3 Å². The van der Waals surface area contributed by atoms with Crippen LogP contribution < -0.4 is 5.32 Å². The van der Waals surface area contributed by atoms with Crippen LogP contribution in [-0.2, 0) is 19.0 Å². The average Bonchev–Trinajstić information content (AvgIpc) is 2.44. The Kier molecular flexibility index (Phi) is 6.62. The van der Waals surface area contributed by atoms with Crippen molar-refractivity contribution in [2.45, 2.75) is 45.3 Å². The van der Waals surface area contributed by atoms with Crippen LogP contribution in [0.4, 0.5) is 4.79 Å². The van der Waals surface area contributed by atoms with Gasteiger partial charge in [0, 0.05) is 6.61 Å². The van der Waals surface area contributed by atoms with E-state index in [9.17, 15) is 9.59 Å². The molecule has 0 bridgehead atoms. The Hall–Kier alpha value is -1.30. The average molecular weight is 273 g/mol. The van der Waals surface area contributed by atoms with Gasteiger partial charge in [-0.1, -0.05) is 6.92 Å². The number of amides is 1. The van der Waals surface area contributed by atoms with Crippen molar-refractivity contribution in [1.82, 2.24) is 5.32 Å². The van der Waals surface area contributed by atoms with Crippen LogP contribution in [-0.4, -0.2) is 44.5 Å². The van der Waals surface area contributed by atoms with Gasteiger partial charge in [0.2, 0.25) is 0 Å². The summed E-state index contributed by atoms with van der Waals surface area (Å²) in [4.78, 5) is 23.3. The quantitative estimate of drug-likeness (QED) is 0.768. The number of rotatable bonds is 5. The number of alkyl carbamates (subject to hydrolysis) is 1. The highest BCUT2D eigenvalue weighted by Gasteiger charge is 2.35. The highest BCUT2D eigenvalue weighted by atomic mass is 16.5. The van der Waals surface area contributed by atoms with Crippen molar-refractivity contribution in [2.75, 3.05) is 20.3 Å². The molecule has 6 heteroatoms. The Morgan fingerprint density at radius 1 is 1.42 bits per heavy atom. The highest BCUT2D eigenvalue weighted by molar-refractivity contribution is 5.81. The molecule has 110 valence electrons. The first-order valence-electron chi connectivity index (χ1n) is 6.75. The minimum atomic E-state index is -0.662. The second-order valence-corrected chi connectivity index (χ2v) is 4.55. The minimum absolute atomic E-state index is 0.0249. The molecule has 1 rings (SSSR count). The summed E-state index contributed by atoms with van der Waals surface area (Å²) in [5.74, 6) is -0.383. The van der Waals surface area contributed by atoms with E-state index in [-0.39, 0.29) is 12.0 Å². The van der Waals surface area contributed by atoms with Crippen LogP contribution in [0.1, 0.15) is 33.1 Å². The first-order chi connectivity index (χ1) is 9.12. The van der Waals surface area contributed by atoms with Crippen LogP contribution in [0.25, 0.3) is 0 Å². The van der Waals surface area contributed by atoms with E-state index in [4.69, 9.17) is 9.47 Å². The van der Waals surface area contributed by atoms with Gasteiger partial charge < -0.3 is 19.5 Å². The molecule has 0 spiro atoms. The molecule has 3 atom stereocenters. The van der Waals surface area contributed by atoms with Crippen molar-refractivity contribution in [3.63, 3.8) is 0 Å². The van der Waals surface area contributed by atoms with Gasteiger partial charge in [-0.25, -0.2) is 9.59 Å². The molecule has 1 fully saturated rings. The summed E-state index contributed by atoms with van der Waals surface area (Å²) in [6, 6.07) is -0.662. The standard InChI is InChI=1S/C13H23NO5/c1-4-10-8-9(6-7-19-10)11(12(15)18-5-2)14-13(16)17-3/h9-11H,4-8H2,1-3H3,(H,14,16)/t9-,10+,11-/m0/s1. The van der Waals surface area contributed by atoms with E-state index in [2.05, 4.69) is 10.1 Å². The lowest BCUT2D eigenvalue weighted by Gasteiger charge is -2.33. The molecule has 1 saturated heterocycles. The van der Waals surface area contributed by atoms with E-state index in [1.165, 1.54) is 7.11 Å². The number of hydrogen-bond acceptors (Lipinski definition) is 5. The van der Waals surface area contributed by atoms with Crippen molar-refractivity contribution >= 4 is 12.1 Å². The fraction of sp³-hybridized carbons (Fsp3) is 0.846. The number of methoxy groups -OCH3 is 1. The molecule has 1 heterocycles. The number of carbonyl (C=O) groups is 2. The Bertz CT molecular complexity index is 307. The van der Waals surface area contributed by atoms with Gasteiger partial charge in [-0.2, -0.15) is 0 Å². The molecule has 0 aromatic carbocycles. The molecule has 1 aliphatic rings. The summed E-state index contributed by atoms with van der Waals surface area (Å²) >= 11 is 0. The van der Waals surface area contributed by atoms with E-state index < -0.39 is 18.1 Å². The Labute approximate surface area is 113 Å². The Morgan fingerprint density at radius 3 is 2.74 bits per heavy atom. The number of carbonyl (C=O) groups excluding carboxylic acids is 2. The van der Waals surface area contributed by atoms with Gasteiger partial charge in [0.15, 0.2) is 0 Å². The van der Waals surface area contributed by atoms with Crippen LogP contribution in [0.15, 0.2) is 0 Å². The first kappa shape index (κ1) is 15.8. The highest BCUT2D eigenvalue weighted by Crippen LogP contribution is 2.25. The number of esters is 1. The van der Waals surface area contributed by atoms with Crippen LogP contribution in [0, 0.1) is 5.92 Å². The monoisotopic (exact) mass is 273 g/mol. The molecule has 0 aromatic heterocycles. The van der Waals surface area contributed by atoms with E-state index in [0.29, 0.717) is 13.2 Å². The number of ether oxygens (including phenoxy) is 3. The SMILES string of the molecule is CCOC(=O)[C@@H](NC(=O)OC)[C@H]1CCO[C@H](CC)C1. The van der Waals surface area contributed by atoms with E-state index in [1.807, 2.05) is 6.92 Å². The maximum absolute atomic E-state index is 12.0. The molecular weight excluding hydrogens is 250 g/mol. The lowest BCUT2D eigenvalue weighted by molar-refractivity contribution is -0.148. The van der Waals surface area contributed by atoms with Gasteiger partial charge in [0.1, 0.15) is 6.04 Å². The molecule has 1 amide bonds. The van der Waals surface area contributed by atoms with Crippen molar-refractivity contribution in [1.29, 1.82) is 0 Å². The number of nitrogens with one attached hydrogen (secondary N) is 1. The zero-order valence-electron chi connectivity index (χ0n) is 11.8. The maximum atomic E-state index is 12.0. The summed E-state index contributed by atoms with van der Waals surface area (Å²) in [6.45, 7) is 4.67. The predicted molar refractivity (Wildman–Crippen MR) is 68.7 cm³/mol. The van der Waals surface area contributed by atoms with Gasteiger partial charge in [0.05, 0.1) is 19.8 Å². The van der Waals surface area contributed by atoms with Crippen molar-refractivity contribution in [3.05, 3.63) is 0 Å². The van der Waals surface area contributed by atoms with E-state index in [1.54, 1.807) is 6.92 Å². The molecule has 1 aliphatic heterocycles. The van der Waals surface area contributed by atoms with E-state index >= 15 is 0 Å². The summed E-state index contributed by atoms with van der Waals surface area (Å²) in [5.41, 5.74) is 0. The first-order valence-corrected chi connectivity index (χ1v) is 6.75. The van der Waals surface area contributed by atoms with Crippen molar-refractivity contribution in [3.8, 4) is 0 Å². The fourth-order valence-electron chi connectivity index (χ4n) is 2.28. The third-order valence-electron chi connectivity index (χ3n) is 3.33. The molecule has 19 heavy (non-hydrogen) atoms. The summed E-state index contributed by atoms with van der Waals surface area (Å²) in [6.07, 6.45) is 1.88. The minimum Gasteiger partial charge on any atom is -0.464 e. The summed E-state index contributed by atoms with van der Waals surface area (Å²) in [5, 5.41) is 2.57. The Balaban J connectivity index is 2.70. The maximum Gasteiger partial charge on any atom is 0.407 e. The zero-order valence-corrected chi connectivity index (χ0v) is 11.8. The predicted octanol–water partition coefficient (Wildman–Crippen LogP) is 1.48. The van der Waals surface area contributed by atoms with Crippen LogP contribution in [0.2, 0.25) is 0 Å². The molecule has 0 radical (unpaired) electrons. The molecule has 0 saturated carbocycles. The second kappa shape index (κ2) is 7.99. The third-order valence-corrected chi connectivity index (χ3v) is 3.33. The molecule has 0 unspecified atom stereocenters. The molecule has 0 aliphatic carbocycles. The summed E-state index contributed by atoms with van der Waals surface area (Å²) in [7, 11) is 1.27. The third kappa shape index (κ3) is 4.70. The molecule has 1 N–H and O–H groups in total. The van der Waals surface area contributed by atoms with Gasteiger partial charge in [-0.3, -0.25) is 0 Å². The molecule has 6 nitrogen and oxygen atoms in total. The van der Waals surface area contributed by atoms with Gasteiger partial charge in [-0.05, 0) is 32.1 Å². The van der Waals surface area contributed by atoms with Crippen molar-refractivity contribution < 1.29 is 23.8 Å². The smallest absolute Gasteiger partial charge is 0.407 e. The van der Waals surface area contributed by atoms with Gasteiger partial charge in [0.25, 0.3) is 0 Å². The lowest BCUT2D eigenvalue weighted by Crippen LogP contribution is -2.49. The normalized spacial score (nSPS) is 24.4. The Morgan fingerprint density at radius 2 is 2.16 bits per heavy atom. The molecule has 0 aromatic rings. The lowest BCUT2D eigenvalue weighted by atomic mass is 9.87. The van der Waals surface area contributed by atoms with Crippen LogP contribution in [0.3, 0.4) is 0 Å². The molecular formula is C13H23NO5. The van der Waals surface area contributed by atoms with Gasteiger partial charge >= 0.3 is 12.1 Å². The zero-order chi connectivity index (χ0) is 14.3. The van der Waals surface area contributed by atoms with Crippen molar-refractivity contribution in [2.24, 2.45) is 5.92 Å².